The third kappa shape index (κ3) is 2.63. The molecule has 1 saturated heterocycles. The molecule has 1 aliphatic heterocycles. The first-order chi connectivity index (χ1) is 5.88. The van der Waals surface area contributed by atoms with Crippen LogP contribution >= 0.6 is 0 Å². The molecule has 70 valence electrons. The van der Waals surface area contributed by atoms with Gasteiger partial charge in [0.2, 0.25) is 0 Å². The van der Waals surface area contributed by atoms with E-state index in [1.54, 1.807) is 0 Å². The van der Waals surface area contributed by atoms with Gasteiger partial charge < -0.3 is 5.32 Å². The zero-order chi connectivity index (χ0) is 8.81. The Morgan fingerprint density at radius 2 is 2.08 bits per heavy atom. The monoisotopic (exact) mass is 167 g/mol. The van der Waals surface area contributed by atoms with Crippen molar-refractivity contribution >= 4 is 0 Å². The van der Waals surface area contributed by atoms with Crippen molar-refractivity contribution < 1.29 is 0 Å². The third-order valence-corrected chi connectivity index (χ3v) is 2.94. The molecule has 2 unspecified atom stereocenters. The van der Waals surface area contributed by atoms with E-state index in [0.717, 1.165) is 11.8 Å². The predicted octanol–water partition coefficient (Wildman–Crippen LogP) is 2.59. The van der Waals surface area contributed by atoms with Gasteiger partial charge in [0.15, 0.2) is 0 Å². The number of hydrogen-bond donors (Lipinski definition) is 1. The van der Waals surface area contributed by atoms with Crippen molar-refractivity contribution in [2.75, 3.05) is 13.1 Å². The van der Waals surface area contributed by atoms with E-state index in [0.29, 0.717) is 0 Å². The van der Waals surface area contributed by atoms with Crippen molar-refractivity contribution in [1.82, 2.24) is 5.32 Å². The van der Waals surface area contributed by atoms with Crippen LogP contribution in [-0.2, 0) is 0 Å². The molecule has 0 aromatic rings. The van der Waals surface area contributed by atoms with Gasteiger partial charge in [0.1, 0.15) is 0 Å². The van der Waals surface area contributed by atoms with Gasteiger partial charge in [0, 0.05) is 0 Å². The molecule has 0 aromatic heterocycles. The highest BCUT2D eigenvalue weighted by molar-refractivity contribution is 4.84. The van der Waals surface area contributed by atoms with E-state index in [9.17, 15) is 0 Å². The second kappa shape index (κ2) is 5.36. The van der Waals surface area contributed by atoms with E-state index >= 15 is 0 Å². The molecule has 0 aliphatic carbocycles. The second-order valence-electron chi connectivity index (χ2n) is 3.73. The lowest BCUT2D eigenvalue weighted by Gasteiger charge is -2.15. The van der Waals surface area contributed by atoms with Crippen LogP contribution in [0.3, 0.4) is 0 Å². The van der Waals surface area contributed by atoms with Crippen molar-refractivity contribution in [3.63, 3.8) is 0 Å². The molecular formula is C11H21N. The van der Waals surface area contributed by atoms with E-state index in [1.165, 1.54) is 32.4 Å². The summed E-state index contributed by atoms with van der Waals surface area (Å²) in [7, 11) is 0. The predicted molar refractivity (Wildman–Crippen MR) is 54.2 cm³/mol. The van der Waals surface area contributed by atoms with E-state index in [1.807, 2.05) is 0 Å². The van der Waals surface area contributed by atoms with Crippen LogP contribution in [0.5, 0.6) is 0 Å². The number of allylic oxidation sites excluding steroid dienone is 2. The molecule has 1 heteroatoms. The lowest BCUT2D eigenvalue weighted by atomic mass is 9.90. The Kier molecular flexibility index (Phi) is 4.37. The quantitative estimate of drug-likeness (QED) is 0.635. The summed E-state index contributed by atoms with van der Waals surface area (Å²) in [6.07, 6.45) is 8.41. The lowest BCUT2D eigenvalue weighted by Crippen LogP contribution is -2.10. The number of rotatable bonds is 4. The summed E-state index contributed by atoms with van der Waals surface area (Å²) in [6, 6.07) is 0. The van der Waals surface area contributed by atoms with Gasteiger partial charge in [-0.2, -0.15) is 0 Å². The van der Waals surface area contributed by atoms with Gasteiger partial charge in [-0.05, 0) is 44.7 Å². The molecule has 0 radical (unpaired) electrons. The molecule has 1 N–H and O–H groups in total. The standard InChI is InChI=1S/C11H21N/c1-3-5-6-7-11-9-12-8-10(11)4-2/h3,5,10-12H,4,6-9H2,1-2H3. The summed E-state index contributed by atoms with van der Waals surface area (Å²) < 4.78 is 0. The first kappa shape index (κ1) is 9.79. The fourth-order valence-electron chi connectivity index (χ4n) is 2.08. The van der Waals surface area contributed by atoms with Gasteiger partial charge in [-0.1, -0.05) is 25.5 Å². The average Bonchev–Trinajstić information content (AvgIpc) is 2.52. The normalized spacial score (nSPS) is 30.2. The van der Waals surface area contributed by atoms with Crippen molar-refractivity contribution in [3.05, 3.63) is 12.2 Å². The first-order valence-corrected chi connectivity index (χ1v) is 5.20. The topological polar surface area (TPSA) is 12.0 Å². The minimum Gasteiger partial charge on any atom is -0.316 e. The highest BCUT2D eigenvalue weighted by atomic mass is 14.9. The maximum Gasteiger partial charge on any atom is -0.00172 e. The van der Waals surface area contributed by atoms with Crippen molar-refractivity contribution in [3.8, 4) is 0 Å². The van der Waals surface area contributed by atoms with Crippen molar-refractivity contribution in [2.24, 2.45) is 11.8 Å². The Bertz CT molecular complexity index is 140. The molecule has 1 rings (SSSR count). The van der Waals surface area contributed by atoms with Crippen LogP contribution < -0.4 is 5.32 Å². The molecule has 0 saturated carbocycles. The summed E-state index contributed by atoms with van der Waals surface area (Å²) in [5.41, 5.74) is 0. The average molecular weight is 167 g/mol. The fraction of sp³-hybridized carbons (Fsp3) is 0.818. The molecule has 12 heavy (non-hydrogen) atoms. The summed E-state index contributed by atoms with van der Waals surface area (Å²) in [6.45, 7) is 6.90. The van der Waals surface area contributed by atoms with Crippen LogP contribution in [0.4, 0.5) is 0 Å². The largest absolute Gasteiger partial charge is 0.316 e. The molecule has 1 aliphatic rings. The minimum atomic E-state index is 0.936. The summed E-state index contributed by atoms with van der Waals surface area (Å²) in [4.78, 5) is 0. The second-order valence-corrected chi connectivity index (χ2v) is 3.73. The zero-order valence-electron chi connectivity index (χ0n) is 8.34. The van der Waals surface area contributed by atoms with Gasteiger partial charge in [-0.15, -0.1) is 0 Å². The maximum atomic E-state index is 3.48. The van der Waals surface area contributed by atoms with Crippen LogP contribution in [0.1, 0.15) is 33.1 Å². The van der Waals surface area contributed by atoms with E-state index in [-0.39, 0.29) is 0 Å². The van der Waals surface area contributed by atoms with Gasteiger partial charge >= 0.3 is 0 Å². The fourth-order valence-corrected chi connectivity index (χ4v) is 2.08. The maximum absolute atomic E-state index is 3.48. The molecule has 1 fully saturated rings. The minimum absolute atomic E-state index is 0.936. The molecule has 0 aromatic carbocycles. The third-order valence-electron chi connectivity index (χ3n) is 2.94. The van der Waals surface area contributed by atoms with Gasteiger partial charge in [0.25, 0.3) is 0 Å². The summed E-state index contributed by atoms with van der Waals surface area (Å²) in [5, 5.41) is 3.48. The van der Waals surface area contributed by atoms with Crippen molar-refractivity contribution in [1.29, 1.82) is 0 Å². The highest BCUT2D eigenvalue weighted by Gasteiger charge is 2.23. The summed E-state index contributed by atoms with van der Waals surface area (Å²) in [5.74, 6) is 1.88. The molecule has 1 nitrogen and oxygen atoms in total. The Balaban J connectivity index is 2.21. The Labute approximate surface area is 76.2 Å². The van der Waals surface area contributed by atoms with Crippen LogP contribution in [-0.4, -0.2) is 13.1 Å². The van der Waals surface area contributed by atoms with Gasteiger partial charge in [-0.3, -0.25) is 0 Å². The summed E-state index contributed by atoms with van der Waals surface area (Å²) >= 11 is 0. The van der Waals surface area contributed by atoms with Crippen molar-refractivity contribution in [2.45, 2.75) is 33.1 Å². The molecule has 0 amide bonds. The number of hydrogen-bond acceptors (Lipinski definition) is 1. The van der Waals surface area contributed by atoms with Gasteiger partial charge in [-0.25, -0.2) is 0 Å². The van der Waals surface area contributed by atoms with Crippen LogP contribution in [0.2, 0.25) is 0 Å². The first-order valence-electron chi connectivity index (χ1n) is 5.20. The molecule has 0 bridgehead atoms. The van der Waals surface area contributed by atoms with E-state index < -0.39 is 0 Å². The SMILES string of the molecule is CC=CCCC1CNCC1CC. The Morgan fingerprint density at radius 1 is 1.33 bits per heavy atom. The van der Waals surface area contributed by atoms with Crippen LogP contribution in [0.15, 0.2) is 12.2 Å². The zero-order valence-corrected chi connectivity index (χ0v) is 8.34. The van der Waals surface area contributed by atoms with Gasteiger partial charge in [0.05, 0.1) is 0 Å². The van der Waals surface area contributed by atoms with Crippen LogP contribution in [0.25, 0.3) is 0 Å². The molecule has 1 heterocycles. The Morgan fingerprint density at radius 3 is 2.75 bits per heavy atom. The van der Waals surface area contributed by atoms with E-state index in [2.05, 4.69) is 31.3 Å². The number of nitrogens with one attached hydrogen (secondary N) is 1. The van der Waals surface area contributed by atoms with Crippen LogP contribution in [0, 0.1) is 11.8 Å². The molecular weight excluding hydrogens is 146 g/mol. The highest BCUT2D eigenvalue weighted by Crippen LogP contribution is 2.24. The molecule has 2 atom stereocenters. The Hall–Kier alpha value is -0.300. The van der Waals surface area contributed by atoms with E-state index in [4.69, 9.17) is 0 Å². The smallest absolute Gasteiger partial charge is 0.00172 e. The molecule has 0 spiro atoms. The lowest BCUT2D eigenvalue weighted by molar-refractivity contribution is 0.386.